The smallest absolute Gasteiger partial charge is 0.130 e. The van der Waals surface area contributed by atoms with Gasteiger partial charge in [-0.2, -0.15) is 0 Å². The van der Waals surface area contributed by atoms with Crippen molar-refractivity contribution in [3.05, 3.63) is 30.1 Å². The van der Waals surface area contributed by atoms with Crippen molar-refractivity contribution in [1.29, 1.82) is 0 Å². The van der Waals surface area contributed by atoms with E-state index in [9.17, 15) is 0 Å². The number of imidazole rings is 1. The second-order valence-electron chi connectivity index (χ2n) is 6.31. The van der Waals surface area contributed by atoms with Crippen LogP contribution in [-0.2, 0) is 11.1 Å². The van der Waals surface area contributed by atoms with Gasteiger partial charge in [-0.1, -0.05) is 12.1 Å². The third-order valence-corrected chi connectivity index (χ3v) is 3.42. The summed E-state index contributed by atoms with van der Waals surface area (Å²) in [6.45, 7) is 11.0. The summed E-state index contributed by atoms with van der Waals surface area (Å²) in [5.74, 6) is 1.08. The zero-order valence-corrected chi connectivity index (χ0v) is 12.2. The van der Waals surface area contributed by atoms with E-state index >= 15 is 0 Å². The Bertz CT molecular complexity index is 559. The topological polar surface area (TPSA) is 29.9 Å². The highest BCUT2D eigenvalue weighted by Gasteiger charge is 2.30. The standard InChI is InChI=1S/C15H23N3/c1-14(2,3)18-12-10-8-7-9-11(12)17-13(18)15(4,5)16-6/h7-10,16H,1-6H3. The van der Waals surface area contributed by atoms with E-state index in [0.29, 0.717) is 0 Å². The lowest BCUT2D eigenvalue weighted by Gasteiger charge is -2.31. The number of para-hydroxylation sites is 2. The van der Waals surface area contributed by atoms with E-state index in [4.69, 9.17) is 4.98 Å². The fraction of sp³-hybridized carbons (Fsp3) is 0.533. The molecule has 1 N–H and O–H groups in total. The molecular formula is C15H23N3. The summed E-state index contributed by atoms with van der Waals surface area (Å²) in [6.07, 6.45) is 0. The quantitative estimate of drug-likeness (QED) is 0.880. The lowest BCUT2D eigenvalue weighted by atomic mass is 10.0. The summed E-state index contributed by atoms with van der Waals surface area (Å²) >= 11 is 0. The van der Waals surface area contributed by atoms with Crippen molar-refractivity contribution in [3.63, 3.8) is 0 Å². The van der Waals surface area contributed by atoms with Gasteiger partial charge in [-0.3, -0.25) is 0 Å². The van der Waals surface area contributed by atoms with E-state index < -0.39 is 0 Å². The Morgan fingerprint density at radius 2 is 1.67 bits per heavy atom. The van der Waals surface area contributed by atoms with Gasteiger partial charge in [-0.05, 0) is 53.8 Å². The second-order valence-corrected chi connectivity index (χ2v) is 6.31. The van der Waals surface area contributed by atoms with Crippen LogP contribution < -0.4 is 5.32 Å². The zero-order valence-electron chi connectivity index (χ0n) is 12.2. The highest BCUT2D eigenvalue weighted by atomic mass is 15.2. The first-order chi connectivity index (χ1) is 8.27. The normalized spacial score (nSPS) is 13.2. The molecule has 1 aromatic carbocycles. The molecule has 0 radical (unpaired) electrons. The molecule has 0 saturated carbocycles. The van der Waals surface area contributed by atoms with Gasteiger partial charge < -0.3 is 9.88 Å². The number of hydrogen-bond acceptors (Lipinski definition) is 2. The van der Waals surface area contributed by atoms with Crippen molar-refractivity contribution in [2.24, 2.45) is 0 Å². The molecule has 3 heteroatoms. The third kappa shape index (κ3) is 2.03. The molecule has 0 saturated heterocycles. The summed E-state index contributed by atoms with van der Waals surface area (Å²) in [7, 11) is 1.98. The number of benzene rings is 1. The summed E-state index contributed by atoms with van der Waals surface area (Å²) < 4.78 is 2.33. The summed E-state index contributed by atoms with van der Waals surface area (Å²) in [5.41, 5.74) is 2.13. The van der Waals surface area contributed by atoms with E-state index in [0.717, 1.165) is 11.3 Å². The Morgan fingerprint density at radius 1 is 1.06 bits per heavy atom. The predicted molar refractivity (Wildman–Crippen MR) is 76.8 cm³/mol. The molecule has 98 valence electrons. The fourth-order valence-electron chi connectivity index (χ4n) is 2.24. The van der Waals surface area contributed by atoms with Gasteiger partial charge in [0.2, 0.25) is 0 Å². The second kappa shape index (κ2) is 4.09. The van der Waals surface area contributed by atoms with Crippen molar-refractivity contribution in [1.82, 2.24) is 14.9 Å². The number of aromatic nitrogens is 2. The van der Waals surface area contributed by atoms with E-state index in [1.807, 2.05) is 13.1 Å². The first-order valence-electron chi connectivity index (χ1n) is 6.45. The molecule has 2 rings (SSSR count). The molecule has 2 aromatic rings. The van der Waals surface area contributed by atoms with E-state index in [1.54, 1.807) is 0 Å². The fourth-order valence-corrected chi connectivity index (χ4v) is 2.24. The van der Waals surface area contributed by atoms with Gasteiger partial charge in [0.05, 0.1) is 16.6 Å². The molecule has 0 atom stereocenters. The zero-order chi connectivity index (χ0) is 13.6. The average molecular weight is 245 g/mol. The van der Waals surface area contributed by atoms with Gasteiger partial charge in [0, 0.05) is 5.54 Å². The lowest BCUT2D eigenvalue weighted by Crippen LogP contribution is -2.39. The lowest BCUT2D eigenvalue weighted by molar-refractivity contribution is 0.331. The van der Waals surface area contributed by atoms with Crippen LogP contribution in [0.25, 0.3) is 11.0 Å². The van der Waals surface area contributed by atoms with Crippen LogP contribution in [0.15, 0.2) is 24.3 Å². The Hall–Kier alpha value is -1.35. The first kappa shape index (κ1) is 13.1. The van der Waals surface area contributed by atoms with Crippen LogP contribution in [0.3, 0.4) is 0 Å². The molecule has 0 aliphatic heterocycles. The SMILES string of the molecule is CNC(C)(C)c1nc2ccccc2n1C(C)(C)C. The predicted octanol–water partition coefficient (Wildman–Crippen LogP) is 3.25. The molecule has 1 aromatic heterocycles. The van der Waals surface area contributed by atoms with Crippen LogP contribution >= 0.6 is 0 Å². The molecule has 0 aliphatic carbocycles. The number of nitrogens with one attached hydrogen (secondary N) is 1. The summed E-state index contributed by atoms with van der Waals surface area (Å²) in [5, 5.41) is 3.35. The van der Waals surface area contributed by atoms with Crippen LogP contribution in [0.5, 0.6) is 0 Å². The van der Waals surface area contributed by atoms with Crippen molar-refractivity contribution in [2.75, 3.05) is 7.05 Å². The maximum Gasteiger partial charge on any atom is 0.130 e. The molecule has 0 bridgehead atoms. The molecule has 0 spiro atoms. The van der Waals surface area contributed by atoms with Crippen LogP contribution in [0.2, 0.25) is 0 Å². The van der Waals surface area contributed by atoms with Gasteiger partial charge in [-0.25, -0.2) is 4.98 Å². The van der Waals surface area contributed by atoms with E-state index in [-0.39, 0.29) is 11.1 Å². The largest absolute Gasteiger partial charge is 0.321 e. The van der Waals surface area contributed by atoms with Crippen molar-refractivity contribution in [3.8, 4) is 0 Å². The molecule has 3 nitrogen and oxygen atoms in total. The van der Waals surface area contributed by atoms with Crippen LogP contribution in [0.1, 0.15) is 40.4 Å². The average Bonchev–Trinajstić information content (AvgIpc) is 2.68. The number of nitrogens with zero attached hydrogens (tertiary/aromatic N) is 2. The highest BCUT2D eigenvalue weighted by Crippen LogP contribution is 2.30. The van der Waals surface area contributed by atoms with Gasteiger partial charge in [-0.15, -0.1) is 0 Å². The van der Waals surface area contributed by atoms with Crippen LogP contribution in [0, 0.1) is 0 Å². The van der Waals surface area contributed by atoms with Gasteiger partial charge in [0.15, 0.2) is 0 Å². The number of hydrogen-bond donors (Lipinski definition) is 1. The molecule has 18 heavy (non-hydrogen) atoms. The van der Waals surface area contributed by atoms with Gasteiger partial charge >= 0.3 is 0 Å². The van der Waals surface area contributed by atoms with E-state index in [2.05, 4.69) is 62.7 Å². The Kier molecular flexibility index (Phi) is 2.98. The first-order valence-corrected chi connectivity index (χ1v) is 6.45. The Labute approximate surface area is 109 Å². The van der Waals surface area contributed by atoms with Gasteiger partial charge in [0.25, 0.3) is 0 Å². The molecule has 1 heterocycles. The Balaban J connectivity index is 2.81. The number of rotatable bonds is 2. The summed E-state index contributed by atoms with van der Waals surface area (Å²) in [4.78, 5) is 4.82. The highest BCUT2D eigenvalue weighted by molar-refractivity contribution is 5.76. The van der Waals surface area contributed by atoms with E-state index in [1.165, 1.54) is 5.52 Å². The van der Waals surface area contributed by atoms with Crippen molar-refractivity contribution < 1.29 is 0 Å². The number of fused-ring (bicyclic) bond motifs is 1. The monoisotopic (exact) mass is 245 g/mol. The molecule has 0 aliphatic rings. The molecule has 0 unspecified atom stereocenters. The minimum Gasteiger partial charge on any atom is -0.321 e. The van der Waals surface area contributed by atoms with Gasteiger partial charge in [0.1, 0.15) is 5.82 Å². The van der Waals surface area contributed by atoms with Crippen LogP contribution in [0.4, 0.5) is 0 Å². The summed E-state index contributed by atoms with van der Waals surface area (Å²) in [6, 6.07) is 8.33. The minimum atomic E-state index is -0.147. The molecular weight excluding hydrogens is 222 g/mol. The Morgan fingerprint density at radius 3 is 2.22 bits per heavy atom. The molecule has 0 amide bonds. The van der Waals surface area contributed by atoms with Crippen molar-refractivity contribution >= 4 is 11.0 Å². The van der Waals surface area contributed by atoms with Crippen molar-refractivity contribution in [2.45, 2.75) is 45.7 Å². The molecule has 0 fully saturated rings. The minimum absolute atomic E-state index is 0.0134. The van der Waals surface area contributed by atoms with Crippen LogP contribution in [-0.4, -0.2) is 16.6 Å². The third-order valence-electron chi connectivity index (χ3n) is 3.42. The maximum absolute atomic E-state index is 4.82. The maximum atomic E-state index is 4.82.